The Morgan fingerprint density at radius 3 is 2.67 bits per heavy atom. The van der Waals surface area contributed by atoms with Gasteiger partial charge in [0.2, 0.25) is 11.9 Å². The van der Waals surface area contributed by atoms with Gasteiger partial charge in [0.05, 0.1) is 12.1 Å². The zero-order chi connectivity index (χ0) is 16.8. The van der Waals surface area contributed by atoms with Crippen molar-refractivity contribution in [1.82, 2.24) is 20.3 Å². The molecule has 7 heteroatoms. The molecule has 24 heavy (non-hydrogen) atoms. The molecule has 0 saturated heterocycles. The second-order valence-electron chi connectivity index (χ2n) is 5.28. The van der Waals surface area contributed by atoms with Gasteiger partial charge in [-0.3, -0.25) is 4.79 Å². The van der Waals surface area contributed by atoms with Crippen LogP contribution >= 0.6 is 11.3 Å². The predicted octanol–water partition coefficient (Wildman–Crippen LogP) is 2.84. The molecule has 0 saturated carbocycles. The molecule has 0 aliphatic heterocycles. The molecule has 6 nitrogen and oxygen atoms in total. The number of aryl methyl sites for hydroxylation is 1. The van der Waals surface area contributed by atoms with Crippen molar-refractivity contribution in [2.75, 3.05) is 5.32 Å². The molecule has 0 atom stereocenters. The van der Waals surface area contributed by atoms with E-state index in [9.17, 15) is 4.79 Å². The number of hydrogen-bond acceptors (Lipinski definition) is 6. The van der Waals surface area contributed by atoms with Crippen molar-refractivity contribution >= 4 is 28.3 Å². The molecular weight excluding hydrogens is 322 g/mol. The van der Waals surface area contributed by atoms with Crippen LogP contribution in [0.1, 0.15) is 16.8 Å². The van der Waals surface area contributed by atoms with Crippen molar-refractivity contribution in [2.24, 2.45) is 0 Å². The number of benzene rings is 1. The zero-order valence-corrected chi connectivity index (χ0v) is 14.0. The Hall–Kier alpha value is -2.80. The highest BCUT2D eigenvalue weighted by molar-refractivity contribution is 7.13. The summed E-state index contributed by atoms with van der Waals surface area (Å²) in [6.45, 7) is 2.56. The summed E-state index contributed by atoms with van der Waals surface area (Å²) >= 11 is 1.42. The number of carbonyl (C=O) groups is 1. The summed E-state index contributed by atoms with van der Waals surface area (Å²) in [6.07, 6.45) is 3.56. The van der Waals surface area contributed by atoms with Crippen molar-refractivity contribution < 1.29 is 4.79 Å². The van der Waals surface area contributed by atoms with Crippen molar-refractivity contribution in [3.63, 3.8) is 0 Å². The van der Waals surface area contributed by atoms with Gasteiger partial charge >= 0.3 is 0 Å². The molecule has 1 amide bonds. The number of nitrogens with one attached hydrogen (secondary N) is 2. The second kappa shape index (κ2) is 7.65. The molecule has 1 aromatic carbocycles. The van der Waals surface area contributed by atoms with Crippen molar-refractivity contribution in [3.8, 4) is 0 Å². The Morgan fingerprint density at radius 2 is 1.92 bits per heavy atom. The Balaban J connectivity index is 1.50. The fraction of sp³-hybridized carbons (Fsp3) is 0.176. The molecule has 0 aliphatic rings. The summed E-state index contributed by atoms with van der Waals surface area (Å²) in [5, 5.41) is 8.45. The van der Waals surface area contributed by atoms with Crippen LogP contribution in [0, 0.1) is 6.92 Å². The van der Waals surface area contributed by atoms with Gasteiger partial charge in [0.1, 0.15) is 0 Å². The zero-order valence-electron chi connectivity index (χ0n) is 13.2. The van der Waals surface area contributed by atoms with Crippen LogP contribution in [-0.2, 0) is 17.8 Å². The van der Waals surface area contributed by atoms with Gasteiger partial charge < -0.3 is 10.6 Å². The third kappa shape index (κ3) is 4.60. The van der Waals surface area contributed by atoms with Gasteiger partial charge in [0.25, 0.3) is 0 Å². The Kier molecular flexibility index (Phi) is 5.12. The van der Waals surface area contributed by atoms with Gasteiger partial charge in [-0.15, -0.1) is 11.3 Å². The van der Waals surface area contributed by atoms with Crippen molar-refractivity contribution in [1.29, 1.82) is 0 Å². The lowest BCUT2D eigenvalue weighted by molar-refractivity contribution is -0.120. The van der Waals surface area contributed by atoms with Crippen molar-refractivity contribution in [2.45, 2.75) is 19.9 Å². The maximum Gasteiger partial charge on any atom is 0.228 e. The minimum Gasteiger partial charge on any atom is -0.352 e. The van der Waals surface area contributed by atoms with Crippen LogP contribution in [0.5, 0.6) is 0 Å². The SMILES string of the molecule is Cc1ccc(CNC(=O)Cc2csc(Nc3ncccn3)n2)cc1. The normalized spacial score (nSPS) is 10.4. The van der Waals surface area contributed by atoms with Gasteiger partial charge in [-0.2, -0.15) is 0 Å². The van der Waals surface area contributed by atoms with Crippen LogP contribution < -0.4 is 10.6 Å². The molecule has 0 unspecified atom stereocenters. The summed E-state index contributed by atoms with van der Waals surface area (Å²) in [6, 6.07) is 9.84. The first-order valence-electron chi connectivity index (χ1n) is 7.50. The third-order valence-electron chi connectivity index (χ3n) is 3.29. The highest BCUT2D eigenvalue weighted by atomic mass is 32.1. The molecule has 2 aromatic heterocycles. The number of aromatic nitrogens is 3. The second-order valence-corrected chi connectivity index (χ2v) is 6.14. The van der Waals surface area contributed by atoms with E-state index in [2.05, 4.69) is 25.6 Å². The standard InChI is InChI=1S/C17H17N5OS/c1-12-3-5-13(6-4-12)10-20-15(23)9-14-11-24-17(21-14)22-16-18-7-2-8-19-16/h2-8,11H,9-10H2,1H3,(H,20,23)(H,18,19,21,22). The maximum absolute atomic E-state index is 12.0. The molecule has 0 spiro atoms. The van der Waals surface area contributed by atoms with Gasteiger partial charge in [-0.25, -0.2) is 15.0 Å². The maximum atomic E-state index is 12.0. The molecular formula is C17H17N5OS. The monoisotopic (exact) mass is 339 g/mol. The summed E-state index contributed by atoms with van der Waals surface area (Å²) in [5.74, 6) is 0.436. The average molecular weight is 339 g/mol. The topological polar surface area (TPSA) is 79.8 Å². The molecule has 2 N–H and O–H groups in total. The predicted molar refractivity (Wildman–Crippen MR) is 94.2 cm³/mol. The summed E-state index contributed by atoms with van der Waals surface area (Å²) in [5.41, 5.74) is 3.01. The summed E-state index contributed by atoms with van der Waals surface area (Å²) < 4.78 is 0. The number of thiazole rings is 1. The lowest BCUT2D eigenvalue weighted by atomic mass is 10.1. The number of hydrogen-bond donors (Lipinski definition) is 2. The molecule has 0 aliphatic carbocycles. The van der Waals surface area contributed by atoms with Crippen LogP contribution in [0.4, 0.5) is 11.1 Å². The van der Waals surface area contributed by atoms with E-state index in [0.717, 1.165) is 11.3 Å². The highest BCUT2D eigenvalue weighted by Crippen LogP contribution is 2.18. The third-order valence-corrected chi connectivity index (χ3v) is 4.09. The van der Waals surface area contributed by atoms with Crippen LogP contribution in [0.3, 0.4) is 0 Å². The number of rotatable bonds is 6. The van der Waals surface area contributed by atoms with Gasteiger partial charge in [-0.1, -0.05) is 29.8 Å². The molecule has 3 rings (SSSR count). The van der Waals surface area contributed by atoms with Crippen molar-refractivity contribution in [3.05, 3.63) is 64.9 Å². The first-order chi connectivity index (χ1) is 11.7. The van der Waals surface area contributed by atoms with E-state index in [1.807, 2.05) is 36.6 Å². The number of amides is 1. The van der Waals surface area contributed by atoms with E-state index in [0.29, 0.717) is 17.6 Å². The first-order valence-corrected chi connectivity index (χ1v) is 8.38. The first kappa shape index (κ1) is 16.1. The fourth-order valence-electron chi connectivity index (χ4n) is 2.04. The number of carbonyl (C=O) groups excluding carboxylic acids is 1. The van der Waals surface area contributed by atoms with Crippen LogP contribution in [0.15, 0.2) is 48.1 Å². The summed E-state index contributed by atoms with van der Waals surface area (Å²) in [7, 11) is 0. The van der Waals surface area contributed by atoms with E-state index in [1.54, 1.807) is 18.5 Å². The molecule has 0 bridgehead atoms. The lowest BCUT2D eigenvalue weighted by Crippen LogP contribution is -2.24. The minimum atomic E-state index is -0.0524. The molecule has 2 heterocycles. The minimum absolute atomic E-state index is 0.0524. The van der Waals surface area contributed by atoms with E-state index < -0.39 is 0 Å². The Morgan fingerprint density at radius 1 is 1.17 bits per heavy atom. The van der Waals surface area contributed by atoms with Crippen LogP contribution in [0.2, 0.25) is 0 Å². The highest BCUT2D eigenvalue weighted by Gasteiger charge is 2.08. The number of nitrogens with zero attached hydrogens (tertiary/aromatic N) is 3. The Labute approximate surface area is 144 Å². The average Bonchev–Trinajstić information content (AvgIpc) is 3.02. The summed E-state index contributed by atoms with van der Waals surface area (Å²) in [4.78, 5) is 24.6. The van der Waals surface area contributed by atoms with Gasteiger partial charge in [0.15, 0.2) is 5.13 Å². The van der Waals surface area contributed by atoms with E-state index in [-0.39, 0.29) is 12.3 Å². The Bertz CT molecular complexity index is 801. The largest absolute Gasteiger partial charge is 0.352 e. The molecule has 0 fully saturated rings. The quantitative estimate of drug-likeness (QED) is 0.722. The van der Waals surface area contributed by atoms with E-state index in [1.165, 1.54) is 16.9 Å². The van der Waals surface area contributed by atoms with Crippen LogP contribution in [0.25, 0.3) is 0 Å². The molecule has 0 radical (unpaired) electrons. The van der Waals surface area contributed by atoms with Gasteiger partial charge in [0, 0.05) is 24.3 Å². The fourth-order valence-corrected chi connectivity index (χ4v) is 2.74. The molecule has 122 valence electrons. The van der Waals surface area contributed by atoms with E-state index in [4.69, 9.17) is 0 Å². The molecule has 3 aromatic rings. The lowest BCUT2D eigenvalue weighted by Gasteiger charge is -2.04. The van der Waals surface area contributed by atoms with Crippen LogP contribution in [-0.4, -0.2) is 20.9 Å². The smallest absolute Gasteiger partial charge is 0.228 e. The van der Waals surface area contributed by atoms with Gasteiger partial charge in [-0.05, 0) is 18.6 Å². The van der Waals surface area contributed by atoms with E-state index >= 15 is 0 Å². The number of anilines is 2.